The molecule has 2 heterocycles. The molecule has 0 radical (unpaired) electrons. The van der Waals surface area contributed by atoms with Gasteiger partial charge in [-0.25, -0.2) is 4.98 Å². The zero-order chi connectivity index (χ0) is 23.9. The summed E-state index contributed by atoms with van der Waals surface area (Å²) < 4.78 is 5.84. The number of esters is 1. The smallest absolute Gasteiger partial charge is 0.306 e. The van der Waals surface area contributed by atoms with Gasteiger partial charge in [0.1, 0.15) is 11.9 Å². The number of thiazole rings is 1. The highest BCUT2D eigenvalue weighted by Crippen LogP contribution is 2.31. The number of rotatable bonds is 2. The maximum Gasteiger partial charge on any atom is 0.306 e. The molecule has 5 nitrogen and oxygen atoms in total. The fourth-order valence-corrected chi connectivity index (χ4v) is 4.76. The third-order valence-electron chi connectivity index (χ3n) is 6.47. The van der Waals surface area contributed by atoms with E-state index in [1.54, 1.807) is 18.3 Å². The summed E-state index contributed by atoms with van der Waals surface area (Å²) in [6, 6.07) is 0. The third kappa shape index (κ3) is 7.66. The van der Waals surface area contributed by atoms with Crippen molar-refractivity contribution in [3.05, 3.63) is 33.8 Å². The van der Waals surface area contributed by atoms with Crippen molar-refractivity contribution in [3.63, 3.8) is 0 Å². The van der Waals surface area contributed by atoms with Gasteiger partial charge in [-0.1, -0.05) is 39.8 Å². The number of allylic oxidation sites excluding steroid dienone is 1. The van der Waals surface area contributed by atoms with E-state index in [0.717, 1.165) is 35.5 Å². The molecule has 0 bridgehead atoms. The lowest BCUT2D eigenvalue weighted by atomic mass is 9.74. The number of aromatic nitrogens is 1. The number of aryl methyl sites for hydroxylation is 1. The molecule has 1 aromatic rings. The quantitative estimate of drug-likeness (QED) is 0.438. The van der Waals surface area contributed by atoms with Crippen LogP contribution >= 0.6 is 11.3 Å². The Morgan fingerprint density at radius 3 is 2.66 bits per heavy atom. The minimum Gasteiger partial charge on any atom is -0.457 e. The second-order valence-electron chi connectivity index (χ2n) is 9.80. The maximum atomic E-state index is 13.1. The molecule has 0 aromatic carbocycles. The second-order valence-corrected chi connectivity index (χ2v) is 10.9. The van der Waals surface area contributed by atoms with Gasteiger partial charge in [-0.3, -0.25) is 9.59 Å². The van der Waals surface area contributed by atoms with E-state index in [2.05, 4.69) is 17.1 Å². The number of carbonyl (C=O) groups is 2. The number of Topliss-reactive ketones (excluding diaryl/α,β-unsaturated/α-hetero) is 1. The molecular weight excluding hydrogens is 422 g/mol. The molecule has 1 aromatic heterocycles. The summed E-state index contributed by atoms with van der Waals surface area (Å²) in [6.07, 6.45) is 9.01. The van der Waals surface area contributed by atoms with Gasteiger partial charge in [-0.2, -0.15) is 0 Å². The number of ether oxygens (including phenoxy) is 1. The summed E-state index contributed by atoms with van der Waals surface area (Å²) in [5, 5.41) is 13.7. The van der Waals surface area contributed by atoms with Gasteiger partial charge < -0.3 is 9.84 Å². The van der Waals surface area contributed by atoms with Gasteiger partial charge in [0, 0.05) is 29.6 Å². The normalized spacial score (nSPS) is 30.0. The highest BCUT2D eigenvalue weighted by atomic mass is 32.1. The molecule has 0 unspecified atom stereocenters. The lowest BCUT2D eigenvalue weighted by Gasteiger charge is -2.31. The van der Waals surface area contributed by atoms with E-state index < -0.39 is 17.4 Å². The van der Waals surface area contributed by atoms with E-state index >= 15 is 0 Å². The minimum absolute atomic E-state index is 0.00293. The third-order valence-corrected chi connectivity index (χ3v) is 7.26. The van der Waals surface area contributed by atoms with E-state index in [0.29, 0.717) is 12.8 Å². The second kappa shape index (κ2) is 11.9. The van der Waals surface area contributed by atoms with Crippen molar-refractivity contribution in [2.45, 2.75) is 92.3 Å². The van der Waals surface area contributed by atoms with Crippen LogP contribution in [0, 0.1) is 24.2 Å². The monoisotopic (exact) mass is 461 g/mol. The highest BCUT2D eigenvalue weighted by Gasteiger charge is 2.36. The van der Waals surface area contributed by atoms with Gasteiger partial charge in [0.05, 0.1) is 16.8 Å². The van der Waals surface area contributed by atoms with Crippen LogP contribution < -0.4 is 0 Å². The first kappa shape index (κ1) is 26.5. The van der Waals surface area contributed by atoms with Crippen molar-refractivity contribution < 1.29 is 19.4 Å². The minimum atomic E-state index is -0.700. The molecule has 178 valence electrons. The van der Waals surface area contributed by atoms with Crippen molar-refractivity contribution in [2.24, 2.45) is 17.3 Å². The van der Waals surface area contributed by atoms with Crippen LogP contribution in [0.15, 0.2) is 23.1 Å². The number of hydrogen-bond donors (Lipinski definition) is 1. The highest BCUT2D eigenvalue weighted by molar-refractivity contribution is 7.09. The molecule has 0 fully saturated rings. The summed E-state index contributed by atoms with van der Waals surface area (Å²) in [5.74, 6) is -0.710. The van der Waals surface area contributed by atoms with Gasteiger partial charge in [0.25, 0.3) is 0 Å². The molecule has 6 heteroatoms. The Morgan fingerprint density at radius 1 is 1.28 bits per heavy atom. The van der Waals surface area contributed by atoms with Crippen molar-refractivity contribution in [1.82, 2.24) is 4.98 Å². The predicted molar refractivity (Wildman–Crippen MR) is 130 cm³/mol. The van der Waals surface area contributed by atoms with Crippen LogP contribution in [-0.2, 0) is 14.3 Å². The Hall–Kier alpha value is -1.79. The molecule has 0 spiro atoms. The van der Waals surface area contributed by atoms with E-state index in [4.69, 9.17) is 4.74 Å². The van der Waals surface area contributed by atoms with Crippen molar-refractivity contribution in [1.29, 1.82) is 0 Å². The first-order valence-corrected chi connectivity index (χ1v) is 12.6. The molecule has 1 N–H and O–H groups in total. The summed E-state index contributed by atoms with van der Waals surface area (Å²) in [7, 11) is 0. The molecule has 1 aliphatic heterocycles. The lowest BCUT2D eigenvalue weighted by Crippen LogP contribution is -2.39. The number of ketones is 1. The summed E-state index contributed by atoms with van der Waals surface area (Å²) in [4.78, 5) is 30.2. The Bertz CT molecular complexity index is 839. The Labute approximate surface area is 197 Å². The predicted octanol–water partition coefficient (Wildman–Crippen LogP) is 5.91. The molecule has 1 aliphatic rings. The number of hydrogen-bond acceptors (Lipinski definition) is 6. The molecule has 0 saturated heterocycles. The summed E-state index contributed by atoms with van der Waals surface area (Å²) in [5.41, 5.74) is 1.13. The number of carbonyl (C=O) groups excluding carboxylic acids is 2. The SMILES string of the molecule is C/C(=C\c1csc(C)n1)[C@@H]1C/C=C\CCC[C@H](C)[C@H](O)[C@@H](C)C(=O)C(C)(C)CCC(=O)O1. The van der Waals surface area contributed by atoms with E-state index in [1.165, 1.54) is 0 Å². The largest absolute Gasteiger partial charge is 0.457 e. The number of cyclic esters (lactones) is 1. The van der Waals surface area contributed by atoms with Crippen LogP contribution in [0.3, 0.4) is 0 Å². The molecule has 32 heavy (non-hydrogen) atoms. The van der Waals surface area contributed by atoms with Crippen LogP contribution in [0.4, 0.5) is 0 Å². The molecule has 4 atom stereocenters. The zero-order valence-corrected chi connectivity index (χ0v) is 21.2. The lowest BCUT2D eigenvalue weighted by molar-refractivity contribution is -0.148. The van der Waals surface area contributed by atoms with Gasteiger partial charge >= 0.3 is 5.97 Å². The molecule has 0 amide bonds. The zero-order valence-electron chi connectivity index (χ0n) is 20.4. The van der Waals surface area contributed by atoms with Crippen LogP contribution in [0.25, 0.3) is 6.08 Å². The molecule has 0 aliphatic carbocycles. The maximum absolute atomic E-state index is 13.1. The van der Waals surface area contributed by atoms with Crippen LogP contribution in [-0.4, -0.2) is 34.1 Å². The Kier molecular flexibility index (Phi) is 9.83. The Balaban J connectivity index is 2.21. The van der Waals surface area contributed by atoms with Crippen LogP contribution in [0.1, 0.15) is 83.8 Å². The fourth-order valence-electron chi connectivity index (χ4n) is 4.19. The summed E-state index contributed by atoms with van der Waals surface area (Å²) >= 11 is 1.59. The first-order chi connectivity index (χ1) is 15.0. The molecule has 0 saturated carbocycles. The number of aliphatic hydroxyl groups excluding tert-OH is 1. The van der Waals surface area contributed by atoms with Crippen LogP contribution in [0.5, 0.6) is 0 Å². The van der Waals surface area contributed by atoms with E-state index in [1.807, 2.05) is 46.1 Å². The fraction of sp³-hybridized carbons (Fsp3) is 0.654. The Morgan fingerprint density at radius 2 is 2.00 bits per heavy atom. The van der Waals surface area contributed by atoms with Gasteiger partial charge in [-0.05, 0) is 57.1 Å². The number of aliphatic hydroxyl groups is 1. The van der Waals surface area contributed by atoms with Crippen molar-refractivity contribution in [3.8, 4) is 0 Å². The first-order valence-electron chi connectivity index (χ1n) is 11.7. The summed E-state index contributed by atoms with van der Waals surface area (Å²) in [6.45, 7) is 11.5. The average Bonchev–Trinajstić information content (AvgIpc) is 3.15. The number of nitrogens with zero attached hydrogens (tertiary/aromatic N) is 1. The van der Waals surface area contributed by atoms with Crippen LogP contribution in [0.2, 0.25) is 0 Å². The van der Waals surface area contributed by atoms with Gasteiger partial charge in [0.2, 0.25) is 0 Å². The van der Waals surface area contributed by atoms with Gasteiger partial charge in [-0.15, -0.1) is 11.3 Å². The average molecular weight is 462 g/mol. The van der Waals surface area contributed by atoms with Gasteiger partial charge in [0.15, 0.2) is 0 Å². The standard InChI is InChI=1S/C26H39NO4S/c1-17-11-9-7-8-10-12-22(18(2)15-21-16-32-20(4)27-21)31-23(28)13-14-26(5,6)25(30)19(3)24(17)29/h8,10,15-17,19,22,24,29H,7,9,11-14H2,1-6H3/b10-8-,18-15+/t17-,19+,22-,24-/m0/s1. The van der Waals surface area contributed by atoms with Crippen molar-refractivity contribution >= 4 is 29.2 Å². The van der Waals surface area contributed by atoms with E-state index in [-0.39, 0.29) is 30.2 Å². The van der Waals surface area contributed by atoms with E-state index in [9.17, 15) is 14.7 Å². The van der Waals surface area contributed by atoms with Crippen molar-refractivity contribution in [2.75, 3.05) is 0 Å². The topological polar surface area (TPSA) is 76.5 Å². The molecular formula is C26H39NO4S. The molecule has 2 rings (SSSR count).